The smallest absolute Gasteiger partial charge is 0.470 e. The fourth-order valence-electron chi connectivity index (χ4n) is 1.23. The van der Waals surface area contributed by atoms with Crippen molar-refractivity contribution in [2.75, 3.05) is 18.9 Å². The van der Waals surface area contributed by atoms with E-state index in [0.29, 0.717) is 0 Å². The highest BCUT2D eigenvalue weighted by molar-refractivity contribution is 7.80. The Morgan fingerprint density at radius 1 is 1.27 bits per heavy atom. The van der Waals surface area contributed by atoms with Gasteiger partial charge in [-0.15, -0.1) is 0 Å². The van der Waals surface area contributed by atoms with Crippen LogP contribution in [0.15, 0.2) is 0 Å². The van der Waals surface area contributed by atoms with Crippen molar-refractivity contribution in [2.24, 2.45) is 11.1 Å². The zero-order valence-corrected chi connectivity index (χ0v) is 16.0. The predicted octanol–water partition coefficient (Wildman–Crippen LogP) is -1.60. The van der Waals surface area contributed by atoms with Gasteiger partial charge in [-0.1, -0.05) is 13.8 Å². The molecule has 0 saturated carbocycles. The van der Waals surface area contributed by atoms with Crippen LogP contribution < -0.4 is 11.1 Å². The van der Waals surface area contributed by atoms with E-state index in [2.05, 4.69) is 22.5 Å². The number of carboxylic acid groups (broad SMARTS) is 2. The van der Waals surface area contributed by atoms with Crippen LogP contribution in [0, 0.1) is 5.41 Å². The van der Waals surface area contributed by atoms with Gasteiger partial charge < -0.3 is 36.2 Å². The van der Waals surface area contributed by atoms with Crippen LogP contribution in [0.5, 0.6) is 0 Å². The van der Waals surface area contributed by atoms with Crippen LogP contribution in [0.1, 0.15) is 20.3 Å². The quantitative estimate of drug-likeness (QED) is 0.149. The molecule has 0 aromatic heterocycles. The van der Waals surface area contributed by atoms with E-state index < -0.39 is 49.8 Å². The van der Waals surface area contributed by atoms with E-state index in [1.165, 1.54) is 13.8 Å². The van der Waals surface area contributed by atoms with Crippen LogP contribution in [0.25, 0.3) is 0 Å². The third kappa shape index (κ3) is 13.1. The van der Waals surface area contributed by atoms with Crippen molar-refractivity contribution in [1.29, 1.82) is 0 Å². The number of phosphoric acid groups is 1. The molecule has 0 fully saturated rings. The highest BCUT2D eigenvalue weighted by Crippen LogP contribution is 2.41. The van der Waals surface area contributed by atoms with Gasteiger partial charge in [-0.3, -0.25) is 18.9 Å². The van der Waals surface area contributed by atoms with Crippen LogP contribution in [-0.4, -0.2) is 74.0 Å². The summed E-state index contributed by atoms with van der Waals surface area (Å²) in [5.41, 5.74) is 3.70. The molecule has 14 heteroatoms. The van der Waals surface area contributed by atoms with E-state index in [0.717, 1.165) is 0 Å². The van der Waals surface area contributed by atoms with Gasteiger partial charge >= 0.3 is 19.8 Å². The van der Waals surface area contributed by atoms with Crippen molar-refractivity contribution in [3.8, 4) is 0 Å². The number of carboxylic acids is 2. The summed E-state index contributed by atoms with van der Waals surface area (Å²) in [5.74, 6) is -2.84. The topological polar surface area (TPSA) is 217 Å². The largest absolute Gasteiger partial charge is 0.481 e. The van der Waals surface area contributed by atoms with Crippen molar-refractivity contribution in [2.45, 2.75) is 32.4 Å². The number of aliphatic hydroxyl groups is 1. The molecule has 12 nitrogen and oxygen atoms in total. The minimum Gasteiger partial charge on any atom is -0.481 e. The third-order valence-electron chi connectivity index (χ3n) is 2.75. The van der Waals surface area contributed by atoms with Gasteiger partial charge in [0.25, 0.3) is 0 Å². The number of phosphoric ester groups is 1. The van der Waals surface area contributed by atoms with E-state index in [1.54, 1.807) is 0 Å². The molecule has 2 atom stereocenters. The molecular weight excluding hydrogens is 395 g/mol. The minimum atomic E-state index is -4.92. The Kier molecular flexibility index (Phi) is 12.7. The van der Waals surface area contributed by atoms with Gasteiger partial charge in [-0.25, -0.2) is 4.57 Å². The van der Waals surface area contributed by atoms with Crippen LogP contribution in [-0.2, 0) is 23.5 Å². The molecule has 0 radical (unpaired) electrons. The molecule has 0 aliphatic carbocycles. The monoisotopic (exact) mass is 420 g/mol. The van der Waals surface area contributed by atoms with E-state index in [4.69, 9.17) is 30.8 Å². The first-order valence-electron chi connectivity index (χ1n) is 7.11. The maximum Gasteiger partial charge on any atom is 0.470 e. The first-order valence-corrected chi connectivity index (χ1v) is 9.27. The standard InChI is InChI=1S/C9H18NO8P.C3H7NO2S/c1-9(2,5-11)7(18-19(15,16)17)8(14)10-4-3-6(12)13;4-2(1-7)3(5)6/h7,11H,3-5H2,1-2H3,(H,10,14)(H,12,13)(H2,15,16,17);2,7H,1,4H2,(H,5,6). The number of thiol groups is 1. The summed E-state index contributed by atoms with van der Waals surface area (Å²) in [6, 6.07) is -0.816. The van der Waals surface area contributed by atoms with Crippen LogP contribution >= 0.6 is 20.5 Å². The molecule has 0 bridgehead atoms. The van der Waals surface area contributed by atoms with Gasteiger partial charge in [0.1, 0.15) is 6.04 Å². The van der Waals surface area contributed by atoms with E-state index >= 15 is 0 Å². The number of hydrogen-bond donors (Lipinski definition) is 8. The molecule has 2 unspecified atom stereocenters. The lowest BCUT2D eigenvalue weighted by atomic mass is 9.87. The lowest BCUT2D eigenvalue weighted by molar-refractivity contribution is -0.139. The maximum absolute atomic E-state index is 11.7. The molecule has 0 aromatic carbocycles. The predicted molar refractivity (Wildman–Crippen MR) is 92.5 cm³/mol. The second-order valence-electron chi connectivity index (χ2n) is 5.68. The Morgan fingerprint density at radius 2 is 1.77 bits per heavy atom. The Balaban J connectivity index is 0. The molecule has 0 spiro atoms. The summed E-state index contributed by atoms with van der Waals surface area (Å²) in [5, 5.41) is 27.7. The van der Waals surface area contributed by atoms with Crippen molar-refractivity contribution < 1.29 is 48.6 Å². The molecule has 154 valence electrons. The lowest BCUT2D eigenvalue weighted by Crippen LogP contribution is -2.47. The molecule has 0 heterocycles. The van der Waals surface area contributed by atoms with Crippen LogP contribution in [0.2, 0.25) is 0 Å². The SMILES string of the molecule is CC(C)(CO)C(OP(=O)(O)O)C(=O)NCCC(=O)O.NC(CS)C(=O)O. The number of carbonyl (C=O) groups is 3. The van der Waals surface area contributed by atoms with Crippen molar-refractivity contribution >= 4 is 38.3 Å². The minimum absolute atomic E-state index is 0.190. The van der Waals surface area contributed by atoms with Gasteiger partial charge in [-0.05, 0) is 0 Å². The summed E-state index contributed by atoms with van der Waals surface area (Å²) in [6.45, 7) is 1.99. The number of carbonyl (C=O) groups excluding carboxylic acids is 1. The number of aliphatic hydroxyl groups excluding tert-OH is 1. The lowest BCUT2D eigenvalue weighted by Gasteiger charge is -2.31. The Bertz CT molecular complexity index is 524. The second-order valence-corrected chi connectivity index (χ2v) is 7.24. The molecule has 0 aromatic rings. The fourth-order valence-corrected chi connectivity index (χ4v) is 2.04. The van der Waals surface area contributed by atoms with E-state index in [1.807, 2.05) is 0 Å². The normalized spacial score (nSPS) is 13.8. The summed E-state index contributed by atoms with van der Waals surface area (Å²) >= 11 is 3.65. The summed E-state index contributed by atoms with van der Waals surface area (Å²) in [6.07, 6.45) is -1.94. The van der Waals surface area contributed by atoms with Gasteiger partial charge in [0.05, 0.1) is 13.0 Å². The number of nitrogens with two attached hydrogens (primary N) is 1. The van der Waals surface area contributed by atoms with Gasteiger partial charge in [0.2, 0.25) is 5.91 Å². The molecule has 1 amide bonds. The molecular formula is C12H25N2O10PS. The summed E-state index contributed by atoms with van der Waals surface area (Å²) < 4.78 is 15.2. The Hall–Kier alpha value is -1.21. The van der Waals surface area contributed by atoms with Gasteiger partial charge in [-0.2, -0.15) is 12.6 Å². The van der Waals surface area contributed by atoms with Crippen molar-refractivity contribution in [1.82, 2.24) is 5.32 Å². The maximum atomic E-state index is 11.7. The van der Waals surface area contributed by atoms with E-state index in [9.17, 15) is 18.9 Å². The van der Waals surface area contributed by atoms with Gasteiger partial charge in [0, 0.05) is 17.7 Å². The summed E-state index contributed by atoms with van der Waals surface area (Å²) in [4.78, 5) is 49.3. The molecule has 0 aliphatic rings. The third-order valence-corrected chi connectivity index (χ3v) is 3.63. The molecule has 8 N–H and O–H groups in total. The Morgan fingerprint density at radius 3 is 2.04 bits per heavy atom. The first kappa shape index (κ1) is 27.0. The number of rotatable bonds is 10. The van der Waals surface area contributed by atoms with E-state index in [-0.39, 0.29) is 18.7 Å². The molecule has 0 rings (SSSR count). The van der Waals surface area contributed by atoms with Gasteiger partial charge in [0.15, 0.2) is 6.10 Å². The molecule has 0 saturated heterocycles. The van der Waals surface area contributed by atoms with Crippen LogP contribution in [0.4, 0.5) is 0 Å². The zero-order valence-electron chi connectivity index (χ0n) is 14.2. The summed E-state index contributed by atoms with van der Waals surface area (Å²) in [7, 11) is -4.92. The highest BCUT2D eigenvalue weighted by atomic mass is 32.1. The Labute approximate surface area is 155 Å². The average Bonchev–Trinajstić information content (AvgIpc) is 2.50. The molecule has 0 aliphatic heterocycles. The number of hydrogen-bond acceptors (Lipinski definition) is 8. The second kappa shape index (κ2) is 12.2. The highest BCUT2D eigenvalue weighted by Gasteiger charge is 2.40. The fraction of sp³-hybridized carbons (Fsp3) is 0.750. The molecule has 26 heavy (non-hydrogen) atoms. The number of aliphatic carboxylic acids is 2. The number of nitrogens with one attached hydrogen (secondary N) is 1. The van der Waals surface area contributed by atoms with Crippen molar-refractivity contribution in [3.63, 3.8) is 0 Å². The average molecular weight is 420 g/mol. The van der Waals surface area contributed by atoms with Crippen LogP contribution in [0.3, 0.4) is 0 Å². The van der Waals surface area contributed by atoms with Crippen molar-refractivity contribution in [3.05, 3.63) is 0 Å². The first-order chi connectivity index (χ1) is 11.7. The number of amides is 1. The zero-order chi connectivity index (χ0) is 21.1.